The lowest BCUT2D eigenvalue weighted by Crippen LogP contribution is -2.61. The van der Waals surface area contributed by atoms with Crippen LogP contribution >= 0.6 is 0 Å². The molecule has 0 aromatic heterocycles. The van der Waals surface area contributed by atoms with Crippen molar-refractivity contribution < 1.29 is 58.2 Å². The second-order valence-electron chi connectivity index (χ2n) is 19.5. The molecule has 0 aliphatic carbocycles. The van der Waals surface area contributed by atoms with Gasteiger partial charge >= 0.3 is 23.9 Å². The molecular weight excluding hydrogens is 997 g/mol. The van der Waals surface area contributed by atoms with Crippen molar-refractivity contribution >= 4 is 23.9 Å². The summed E-state index contributed by atoms with van der Waals surface area (Å²) in [6, 6.07) is 0. The molecule has 0 saturated carbocycles. The maximum absolute atomic E-state index is 13.1. The lowest BCUT2D eigenvalue weighted by molar-refractivity contribution is -0.301. The summed E-state index contributed by atoms with van der Waals surface area (Å²) in [6.45, 7) is 5.64. The quantitative estimate of drug-likeness (QED) is 0.0228. The first-order valence-corrected chi connectivity index (χ1v) is 29.8. The number of aliphatic hydroxyl groups excluding tert-OH is 2. The number of hydrogen-bond acceptors (Lipinski definition) is 11. The number of esters is 3. The average molecular weight is 1100 g/mol. The fourth-order valence-electron chi connectivity index (χ4n) is 7.88. The van der Waals surface area contributed by atoms with Crippen molar-refractivity contribution in [2.24, 2.45) is 0 Å². The highest BCUT2D eigenvalue weighted by Crippen LogP contribution is 2.26. The van der Waals surface area contributed by atoms with Gasteiger partial charge in [0.2, 0.25) is 0 Å². The lowest BCUT2D eigenvalue weighted by atomic mass is 9.98. The molecule has 6 unspecified atom stereocenters. The number of carboxylic acid groups (broad SMARTS) is 1. The standard InChI is InChI=1S/C67H102O12/c1-4-7-10-13-16-19-22-25-28-29-30-31-34-37-40-43-46-49-52-55-61(70)78-65-63(72)62(71)64(66(73)74)79-67(65)76-57-58(77-60(69)54-51-48-45-42-39-36-33-27-24-21-18-15-12-9-6-3)56-75-59(68)53-50-47-44-41-38-35-32-26-23-20-17-14-11-8-5-2/h7-8,10-11,16-21,25-28,30-33,37-38,40-41,46,49,58,62-65,67,71-72H,4-6,9,12-15,22-24,29,34-36,39,42-45,47-48,50-57H2,1-3H3,(H,73,74)/b10-7-,11-8-,19-16-,20-17-,21-18-,28-25-,31-30-,32-26-,33-27-,40-37-,41-38-,49-46-. The molecular formula is C67H102O12. The number of aliphatic hydroxyl groups is 2. The van der Waals surface area contributed by atoms with Gasteiger partial charge in [-0.3, -0.25) is 14.4 Å². The normalized spacial score (nSPS) is 18.9. The molecule has 1 rings (SSSR count). The molecule has 12 heteroatoms. The highest BCUT2D eigenvalue weighted by Gasteiger charge is 2.50. The van der Waals surface area contributed by atoms with Gasteiger partial charge in [-0.15, -0.1) is 0 Å². The van der Waals surface area contributed by atoms with Crippen molar-refractivity contribution in [3.8, 4) is 0 Å². The fourth-order valence-corrected chi connectivity index (χ4v) is 7.88. The maximum atomic E-state index is 13.1. The van der Waals surface area contributed by atoms with Crippen molar-refractivity contribution in [2.75, 3.05) is 13.2 Å². The van der Waals surface area contributed by atoms with Crippen LogP contribution in [0.5, 0.6) is 0 Å². The molecule has 0 spiro atoms. The summed E-state index contributed by atoms with van der Waals surface area (Å²) >= 11 is 0. The zero-order valence-electron chi connectivity index (χ0n) is 48.5. The zero-order valence-corrected chi connectivity index (χ0v) is 48.5. The molecule has 6 atom stereocenters. The van der Waals surface area contributed by atoms with Crippen LogP contribution < -0.4 is 0 Å². The van der Waals surface area contributed by atoms with E-state index in [1.165, 1.54) is 19.3 Å². The molecule has 1 heterocycles. The Morgan fingerprint density at radius 1 is 0.430 bits per heavy atom. The van der Waals surface area contributed by atoms with Gasteiger partial charge in [0.25, 0.3) is 0 Å². The smallest absolute Gasteiger partial charge is 0.335 e. The number of aliphatic carboxylic acids is 1. The van der Waals surface area contributed by atoms with Crippen LogP contribution in [0, 0.1) is 0 Å². The predicted octanol–water partition coefficient (Wildman–Crippen LogP) is 15.6. The highest BCUT2D eigenvalue weighted by atomic mass is 16.7. The molecule has 0 radical (unpaired) electrons. The van der Waals surface area contributed by atoms with Crippen LogP contribution in [0.1, 0.15) is 201 Å². The van der Waals surface area contributed by atoms with E-state index in [2.05, 4.69) is 148 Å². The van der Waals surface area contributed by atoms with Gasteiger partial charge in [0, 0.05) is 19.3 Å². The van der Waals surface area contributed by atoms with E-state index in [0.717, 1.165) is 116 Å². The van der Waals surface area contributed by atoms with Crippen LogP contribution in [-0.2, 0) is 42.9 Å². The Morgan fingerprint density at radius 3 is 1.29 bits per heavy atom. The van der Waals surface area contributed by atoms with Gasteiger partial charge in [0.15, 0.2) is 24.6 Å². The summed E-state index contributed by atoms with van der Waals surface area (Å²) < 4.78 is 28.3. The molecule has 0 aromatic carbocycles. The molecule has 1 fully saturated rings. The minimum Gasteiger partial charge on any atom is -0.479 e. The van der Waals surface area contributed by atoms with Gasteiger partial charge in [-0.2, -0.15) is 0 Å². The van der Waals surface area contributed by atoms with Crippen LogP contribution in [-0.4, -0.2) is 89.2 Å². The summed E-state index contributed by atoms with van der Waals surface area (Å²) in [5.74, 6) is -3.33. The van der Waals surface area contributed by atoms with Crippen molar-refractivity contribution in [3.05, 3.63) is 146 Å². The molecule has 1 saturated heterocycles. The molecule has 442 valence electrons. The first-order chi connectivity index (χ1) is 38.6. The zero-order chi connectivity index (χ0) is 57.5. The Morgan fingerprint density at radius 2 is 0.823 bits per heavy atom. The first-order valence-electron chi connectivity index (χ1n) is 29.8. The Hall–Kier alpha value is -5.40. The van der Waals surface area contributed by atoms with Gasteiger partial charge < -0.3 is 39.0 Å². The number of allylic oxidation sites excluding steroid dienone is 24. The average Bonchev–Trinajstić information content (AvgIpc) is 3.44. The van der Waals surface area contributed by atoms with Gasteiger partial charge in [0.05, 0.1) is 6.61 Å². The van der Waals surface area contributed by atoms with Crippen LogP contribution in [0.15, 0.2) is 146 Å². The van der Waals surface area contributed by atoms with Crippen molar-refractivity contribution in [1.29, 1.82) is 0 Å². The molecule has 1 aliphatic heterocycles. The number of ether oxygens (including phenoxy) is 5. The molecule has 3 N–H and O–H groups in total. The number of carbonyl (C=O) groups excluding carboxylic acids is 3. The van der Waals surface area contributed by atoms with Gasteiger partial charge in [-0.1, -0.05) is 199 Å². The Labute approximate surface area is 476 Å². The largest absolute Gasteiger partial charge is 0.479 e. The maximum Gasteiger partial charge on any atom is 0.335 e. The number of carbonyl (C=O) groups is 4. The lowest BCUT2D eigenvalue weighted by Gasteiger charge is -2.40. The number of rotatable bonds is 48. The number of carboxylic acids is 1. The molecule has 0 aromatic rings. The van der Waals surface area contributed by atoms with E-state index < -0.39 is 67.3 Å². The van der Waals surface area contributed by atoms with E-state index in [1.807, 2.05) is 18.2 Å². The molecule has 1 aliphatic rings. The second-order valence-corrected chi connectivity index (χ2v) is 19.5. The van der Waals surface area contributed by atoms with Crippen LogP contribution in [0.2, 0.25) is 0 Å². The monoisotopic (exact) mass is 1100 g/mol. The fraction of sp³-hybridized carbons (Fsp3) is 0.582. The van der Waals surface area contributed by atoms with E-state index in [4.69, 9.17) is 23.7 Å². The summed E-state index contributed by atoms with van der Waals surface area (Å²) in [4.78, 5) is 51.1. The van der Waals surface area contributed by atoms with Gasteiger partial charge in [-0.05, 0) is 128 Å². The highest BCUT2D eigenvalue weighted by molar-refractivity contribution is 5.74. The third kappa shape index (κ3) is 43.1. The SMILES string of the molecule is CC/C=C\C/C=C\C/C=C\C/C=C\C/C=C\C/C=C\CCC(=O)OC1C(OCC(COC(=O)CCCC/C=C\C/C=C\C/C=C\C/C=C\CC)OC(=O)CCCCCCC/C=C\C/C=C\CCCCC)OC(C(=O)O)C(O)C1O. The van der Waals surface area contributed by atoms with Gasteiger partial charge in [-0.25, -0.2) is 4.79 Å². The summed E-state index contributed by atoms with van der Waals surface area (Å²) in [6.07, 6.45) is 64.0. The minimum absolute atomic E-state index is 0.0790. The topological polar surface area (TPSA) is 175 Å². The van der Waals surface area contributed by atoms with E-state index >= 15 is 0 Å². The summed E-state index contributed by atoms with van der Waals surface area (Å²) in [5.41, 5.74) is 0. The molecule has 79 heavy (non-hydrogen) atoms. The third-order valence-corrected chi connectivity index (χ3v) is 12.4. The van der Waals surface area contributed by atoms with Crippen molar-refractivity contribution in [1.82, 2.24) is 0 Å². The van der Waals surface area contributed by atoms with Gasteiger partial charge in [0.1, 0.15) is 18.8 Å². The summed E-state index contributed by atoms with van der Waals surface area (Å²) in [7, 11) is 0. The molecule has 12 nitrogen and oxygen atoms in total. The van der Waals surface area contributed by atoms with Crippen molar-refractivity contribution in [2.45, 2.75) is 237 Å². The Balaban J connectivity index is 2.78. The van der Waals surface area contributed by atoms with E-state index in [-0.39, 0.29) is 25.9 Å². The van der Waals surface area contributed by atoms with Crippen LogP contribution in [0.25, 0.3) is 0 Å². The van der Waals surface area contributed by atoms with E-state index in [9.17, 15) is 34.5 Å². The second kappa shape index (κ2) is 53.3. The molecule has 0 bridgehead atoms. The Kier molecular flexibility index (Phi) is 48.3. The first kappa shape index (κ1) is 71.6. The van der Waals surface area contributed by atoms with Crippen LogP contribution in [0.3, 0.4) is 0 Å². The van der Waals surface area contributed by atoms with E-state index in [1.54, 1.807) is 0 Å². The minimum atomic E-state index is -1.94. The molecule has 0 amide bonds. The predicted molar refractivity (Wildman–Crippen MR) is 321 cm³/mol. The van der Waals surface area contributed by atoms with E-state index in [0.29, 0.717) is 25.7 Å². The summed E-state index contributed by atoms with van der Waals surface area (Å²) in [5, 5.41) is 31.5. The third-order valence-electron chi connectivity index (χ3n) is 12.4. The van der Waals surface area contributed by atoms with Crippen molar-refractivity contribution in [3.63, 3.8) is 0 Å². The Bertz CT molecular complexity index is 1930. The number of unbranched alkanes of at least 4 members (excludes halogenated alkanes) is 10. The van der Waals surface area contributed by atoms with Crippen LogP contribution in [0.4, 0.5) is 0 Å². The number of hydrogen-bond donors (Lipinski definition) is 3.